The van der Waals surface area contributed by atoms with Crippen molar-refractivity contribution in [2.45, 2.75) is 12.2 Å². The van der Waals surface area contributed by atoms with E-state index in [4.69, 9.17) is 19.7 Å². The second-order valence-corrected chi connectivity index (χ2v) is 3.48. The first kappa shape index (κ1) is 8.44. The first-order valence-electron chi connectivity index (χ1n) is 4.31. The number of aliphatic hydroxyl groups is 2. The highest BCUT2D eigenvalue weighted by molar-refractivity contribution is 4.93. The number of rotatable bonds is 2. The van der Waals surface area contributed by atoms with Crippen molar-refractivity contribution in [3.8, 4) is 0 Å². The molecule has 0 amide bonds. The number of fused-ring (bicyclic) bond motifs is 1. The minimum absolute atomic E-state index is 0.00662. The van der Waals surface area contributed by atoms with Gasteiger partial charge in [-0.3, -0.25) is 0 Å². The smallest absolute Gasteiger partial charge is 0.0913 e. The fourth-order valence-electron chi connectivity index (χ4n) is 1.97. The first-order chi connectivity index (χ1) is 5.86. The van der Waals surface area contributed by atoms with Gasteiger partial charge in [-0.15, -0.1) is 0 Å². The van der Waals surface area contributed by atoms with E-state index in [1.165, 1.54) is 0 Å². The Balaban J connectivity index is 2.01. The van der Waals surface area contributed by atoms with Crippen LogP contribution in [0.2, 0.25) is 0 Å². The molecule has 0 radical (unpaired) electrons. The zero-order valence-electron chi connectivity index (χ0n) is 6.85. The van der Waals surface area contributed by atoms with Crippen LogP contribution >= 0.6 is 0 Å². The highest BCUT2D eigenvalue weighted by atomic mass is 16.6. The van der Waals surface area contributed by atoms with Crippen LogP contribution in [0.15, 0.2) is 0 Å². The molecule has 2 rings (SSSR count). The molecule has 0 aromatic rings. The summed E-state index contributed by atoms with van der Waals surface area (Å²) in [6, 6.07) is 0. The van der Waals surface area contributed by atoms with E-state index in [0.717, 1.165) is 0 Å². The van der Waals surface area contributed by atoms with Gasteiger partial charge >= 0.3 is 0 Å². The van der Waals surface area contributed by atoms with E-state index in [1.54, 1.807) is 0 Å². The third-order valence-electron chi connectivity index (χ3n) is 2.73. The summed E-state index contributed by atoms with van der Waals surface area (Å²) in [6.45, 7) is 1.34. The van der Waals surface area contributed by atoms with Crippen molar-refractivity contribution < 1.29 is 19.7 Å². The van der Waals surface area contributed by atoms with Gasteiger partial charge in [-0.05, 0) is 0 Å². The second kappa shape index (κ2) is 3.30. The van der Waals surface area contributed by atoms with Crippen molar-refractivity contribution in [3.05, 3.63) is 0 Å². The third-order valence-corrected chi connectivity index (χ3v) is 2.73. The van der Waals surface area contributed by atoms with Crippen LogP contribution in [0, 0.1) is 11.8 Å². The van der Waals surface area contributed by atoms with Crippen molar-refractivity contribution in [1.29, 1.82) is 0 Å². The van der Waals surface area contributed by atoms with E-state index in [1.807, 2.05) is 0 Å². The molecule has 0 bridgehead atoms. The predicted molar refractivity (Wildman–Crippen MR) is 40.6 cm³/mol. The molecule has 0 unspecified atom stereocenters. The maximum atomic E-state index is 8.95. The highest BCUT2D eigenvalue weighted by Crippen LogP contribution is 2.33. The number of aliphatic hydroxyl groups excluding tert-OH is 2. The monoisotopic (exact) mass is 174 g/mol. The van der Waals surface area contributed by atoms with E-state index in [2.05, 4.69) is 0 Å². The Bertz CT molecular complexity index is 143. The SMILES string of the molecule is OC[C@H]1CO[C@@H]2[C@@H](CO)CO[C@H]12. The largest absolute Gasteiger partial charge is 0.396 e. The van der Waals surface area contributed by atoms with E-state index in [9.17, 15) is 0 Å². The molecule has 4 nitrogen and oxygen atoms in total. The minimum Gasteiger partial charge on any atom is -0.396 e. The van der Waals surface area contributed by atoms with Crippen molar-refractivity contribution in [3.63, 3.8) is 0 Å². The van der Waals surface area contributed by atoms with Gasteiger partial charge in [0, 0.05) is 11.8 Å². The summed E-state index contributed by atoms with van der Waals surface area (Å²) in [5.41, 5.74) is 0. The molecule has 4 atom stereocenters. The maximum absolute atomic E-state index is 8.95. The standard InChI is InChI=1S/C8H14O4/c9-1-5-3-11-8-6(2-10)4-12-7(5)8/h5-10H,1-4H2/t5-,6-,7+,8+/m0/s1. The first-order valence-corrected chi connectivity index (χ1v) is 4.31. The molecule has 2 aliphatic rings. The Labute approximate surface area is 71.1 Å². The lowest BCUT2D eigenvalue weighted by molar-refractivity contribution is 0.0489. The molecule has 4 heteroatoms. The highest BCUT2D eigenvalue weighted by Gasteiger charge is 2.46. The topological polar surface area (TPSA) is 58.9 Å². The lowest BCUT2D eigenvalue weighted by atomic mass is 9.97. The van der Waals surface area contributed by atoms with Gasteiger partial charge in [0.25, 0.3) is 0 Å². The Kier molecular flexibility index (Phi) is 2.32. The lowest BCUT2D eigenvalue weighted by Gasteiger charge is -2.13. The molecule has 0 aromatic heterocycles. The zero-order chi connectivity index (χ0) is 8.55. The summed E-state index contributed by atoms with van der Waals surface area (Å²) in [6.07, 6.45) is 0.0132. The van der Waals surface area contributed by atoms with Gasteiger partial charge in [0.15, 0.2) is 0 Å². The van der Waals surface area contributed by atoms with Gasteiger partial charge in [-0.25, -0.2) is 0 Å². The van der Waals surface area contributed by atoms with Crippen LogP contribution in [-0.2, 0) is 9.47 Å². The van der Waals surface area contributed by atoms with E-state index < -0.39 is 0 Å². The fraction of sp³-hybridized carbons (Fsp3) is 1.00. The molecule has 0 spiro atoms. The predicted octanol–water partition coefficient (Wildman–Crippen LogP) is -0.999. The summed E-state index contributed by atoms with van der Waals surface area (Å²) in [5.74, 6) is 0.207. The van der Waals surface area contributed by atoms with E-state index in [0.29, 0.717) is 13.2 Å². The van der Waals surface area contributed by atoms with Crippen LogP contribution in [0.25, 0.3) is 0 Å². The summed E-state index contributed by atoms with van der Waals surface area (Å²) >= 11 is 0. The van der Waals surface area contributed by atoms with Gasteiger partial charge < -0.3 is 19.7 Å². The van der Waals surface area contributed by atoms with Crippen molar-refractivity contribution in [2.75, 3.05) is 26.4 Å². The van der Waals surface area contributed by atoms with E-state index >= 15 is 0 Å². The molecule has 12 heavy (non-hydrogen) atoms. The van der Waals surface area contributed by atoms with Crippen molar-refractivity contribution >= 4 is 0 Å². The minimum atomic E-state index is 0.00662. The third kappa shape index (κ3) is 1.15. The molecular weight excluding hydrogens is 160 g/mol. The Hall–Kier alpha value is -0.160. The molecule has 70 valence electrons. The van der Waals surface area contributed by atoms with Gasteiger partial charge in [0.05, 0.1) is 38.6 Å². The quantitative estimate of drug-likeness (QED) is 0.564. The molecule has 2 saturated heterocycles. The molecule has 0 saturated carbocycles. The summed E-state index contributed by atoms with van der Waals surface area (Å²) in [5, 5.41) is 17.9. The maximum Gasteiger partial charge on any atom is 0.0913 e. The Morgan fingerprint density at radius 3 is 1.67 bits per heavy atom. The normalized spacial score (nSPS) is 46.5. The van der Waals surface area contributed by atoms with Crippen LogP contribution < -0.4 is 0 Å². The molecule has 2 fully saturated rings. The second-order valence-electron chi connectivity index (χ2n) is 3.48. The number of hydrogen-bond donors (Lipinski definition) is 2. The van der Waals surface area contributed by atoms with E-state index in [-0.39, 0.29) is 37.3 Å². The van der Waals surface area contributed by atoms with Crippen molar-refractivity contribution in [1.82, 2.24) is 0 Å². The lowest BCUT2D eigenvalue weighted by Crippen LogP contribution is -2.28. The van der Waals surface area contributed by atoms with Gasteiger partial charge in [0.1, 0.15) is 0 Å². The van der Waals surface area contributed by atoms with Crippen LogP contribution in [-0.4, -0.2) is 48.8 Å². The van der Waals surface area contributed by atoms with Gasteiger partial charge in [-0.1, -0.05) is 0 Å². The average Bonchev–Trinajstić information content (AvgIpc) is 2.62. The van der Waals surface area contributed by atoms with Crippen molar-refractivity contribution in [2.24, 2.45) is 11.8 Å². The number of ether oxygens (including phenoxy) is 2. The molecule has 0 aliphatic carbocycles. The number of hydrogen-bond acceptors (Lipinski definition) is 4. The van der Waals surface area contributed by atoms with Gasteiger partial charge in [-0.2, -0.15) is 0 Å². The zero-order valence-corrected chi connectivity index (χ0v) is 6.85. The Morgan fingerprint density at radius 1 is 0.917 bits per heavy atom. The Morgan fingerprint density at radius 2 is 1.33 bits per heavy atom. The fourth-order valence-corrected chi connectivity index (χ4v) is 1.97. The van der Waals surface area contributed by atoms with Crippen LogP contribution in [0.1, 0.15) is 0 Å². The average molecular weight is 174 g/mol. The summed E-state index contributed by atoms with van der Waals surface area (Å²) in [7, 11) is 0. The summed E-state index contributed by atoms with van der Waals surface area (Å²) < 4.78 is 10.9. The van der Waals surface area contributed by atoms with Crippen LogP contribution in [0.3, 0.4) is 0 Å². The molecule has 2 aliphatic heterocycles. The summed E-state index contributed by atoms with van der Waals surface area (Å²) in [4.78, 5) is 0. The molecule has 2 heterocycles. The van der Waals surface area contributed by atoms with Crippen LogP contribution in [0.4, 0.5) is 0 Å². The van der Waals surface area contributed by atoms with Crippen LogP contribution in [0.5, 0.6) is 0 Å². The molecule has 2 N–H and O–H groups in total. The molecular formula is C8H14O4. The van der Waals surface area contributed by atoms with Gasteiger partial charge in [0.2, 0.25) is 0 Å². The molecule has 0 aromatic carbocycles.